The van der Waals surface area contributed by atoms with Gasteiger partial charge >= 0.3 is 5.97 Å². The number of carbonyl (C=O) groups excluding carboxylic acids is 1. The van der Waals surface area contributed by atoms with Gasteiger partial charge < -0.3 is 103 Å². The van der Waals surface area contributed by atoms with E-state index in [4.69, 9.17) is 75.2 Å². The summed E-state index contributed by atoms with van der Waals surface area (Å²) < 4.78 is 56.4. The number of aliphatic hydroxyl groups excluding tert-OH is 4. The third kappa shape index (κ3) is 49.8. The van der Waals surface area contributed by atoms with Gasteiger partial charge in [0.25, 0.3) is 0 Å². The van der Waals surface area contributed by atoms with Gasteiger partial charge in [0, 0.05) is 120 Å². The van der Waals surface area contributed by atoms with E-state index < -0.39 is 30.7 Å². The van der Waals surface area contributed by atoms with Gasteiger partial charge in [-0.3, -0.25) is 9.73 Å². The molecule has 11 atom stereocenters. The summed E-state index contributed by atoms with van der Waals surface area (Å²) in [7, 11) is 13.8. The molecule has 2 aliphatic rings. The summed E-state index contributed by atoms with van der Waals surface area (Å²) in [5.41, 5.74) is 0. The maximum Gasteiger partial charge on any atom is 0.309 e. The van der Waals surface area contributed by atoms with Crippen LogP contribution in [0.15, 0.2) is 0 Å². The Bertz CT molecular complexity index is 979. The fraction of sp³-hybridized carbons (Fsp3) is 0.811. The molecule has 0 aromatic rings. The Morgan fingerprint density at radius 2 is 1.15 bits per heavy atom. The number of aliphatic hydroxyl groups is 4. The molecule has 2 rings (SSSR count). The number of carbonyl (C=O) groups is 1. The smallest absolute Gasteiger partial charge is 0.309 e. The number of halogens is 6. The van der Waals surface area contributed by atoms with E-state index in [0.29, 0.717) is 32.5 Å². The zero-order chi connectivity index (χ0) is 46.1. The molecule has 0 amide bonds. The Balaban J connectivity index is -0.0000000946. The van der Waals surface area contributed by atoms with Crippen molar-refractivity contribution in [2.75, 3.05) is 92.8 Å². The van der Waals surface area contributed by atoms with Crippen LogP contribution in [-0.2, 0) is 94.0 Å². The minimum atomic E-state index is -0.892. The van der Waals surface area contributed by atoms with Gasteiger partial charge in [-0.1, -0.05) is 125 Å². The first-order valence-corrected chi connectivity index (χ1v) is 25.3. The van der Waals surface area contributed by atoms with Crippen LogP contribution in [0.2, 0.25) is 0 Å². The van der Waals surface area contributed by atoms with E-state index in [1.165, 1.54) is 38.0 Å². The molecule has 2 heterocycles. The summed E-state index contributed by atoms with van der Waals surface area (Å²) in [6.07, 6.45) is 6.97. The Morgan fingerprint density at radius 3 is 1.48 bits per heavy atom. The Kier molecular flexibility index (Phi) is 79.8. The largest absolute Gasteiger partial charge is 0.457 e. The van der Waals surface area contributed by atoms with Crippen molar-refractivity contribution < 1.29 is 114 Å². The van der Waals surface area contributed by atoms with Gasteiger partial charge in [-0.2, -0.15) is 0 Å². The Hall–Kier alpha value is 3.58. The Labute approximate surface area is 472 Å². The van der Waals surface area contributed by atoms with Crippen molar-refractivity contribution in [2.45, 2.75) is 93.0 Å². The minimum Gasteiger partial charge on any atom is -0.457 e. The van der Waals surface area contributed by atoms with Gasteiger partial charge in [0.05, 0.1) is 53.6 Å². The molecule has 0 saturated carbocycles. The van der Waals surface area contributed by atoms with Crippen molar-refractivity contribution in [1.29, 1.82) is 0 Å². The normalized spacial score (nSPS) is 21.0. The molecule has 0 aliphatic carbocycles. The number of terminal acetylenes is 2. The second kappa shape index (κ2) is 59.7. The number of cyclic esters (lactones) is 1. The third-order valence-electron chi connectivity index (χ3n) is 7.22. The molecule has 0 aromatic carbocycles. The molecular weight excluding hydrogens is 1560 g/mol. The van der Waals surface area contributed by atoms with Gasteiger partial charge in [-0.15, -0.1) is 12.8 Å². The number of ether oxygens (including phenoxy) is 11. The molecule has 2 radical (unpaired) electrons. The second-order valence-electron chi connectivity index (χ2n) is 11.0. The number of methoxy groups -OCH3 is 9. The van der Waals surface area contributed by atoms with Gasteiger partial charge in [0.15, 0.2) is 12.4 Å². The van der Waals surface area contributed by atoms with E-state index in [1.54, 1.807) is 28.4 Å². The SMILES string of the molecule is C#CC(C[C@H](OC)[C@H](O)COC)OC.C#CC(O)C[C@H](OC)[C@H](O)COC.COC[C@H]1OC(=O)C[C@@H]1OC.COC[C@H]1OC(O)C[C@@H]1OC.IC(I)I.ICI.[CH2-]I.[CH3-].[V].[V]. The van der Waals surface area contributed by atoms with Crippen molar-refractivity contribution in [3.8, 4) is 24.7 Å². The first-order valence-electron chi connectivity index (χ1n) is 16.9. The van der Waals surface area contributed by atoms with Crippen LogP contribution in [0.3, 0.4) is 0 Å². The molecule has 2 aliphatic heterocycles. The standard InChI is InChI=1S/C10H18O4.C9H16O4.C7H14O4.C7H12O4.CHI3.CH2I2.CH2I.CH3.2V/c1-5-8(13-3)6-10(14-4)9(11)7-12-2;1-4-7(10)5-9(13-3)8(11)6-12-2;2*1-9-4-6-5(10-2)3-7(8)11-6;2-1(3)4;2-1-3;1-2;;;/h1,8-11H,6-7H2,2-4H3;1,7-11H,5-6H2,2-3H3;5-8H,3-4H2,1-2H3;5-6H,3-4H2,1-2H3;1H;1H2;1H2;1H3;;/q;;;;;;2*-1;;/t8?,9-,10+;7?,8-,9+;5-,6+,7?;5-,6+;;;;;;/m1100....../s1. The van der Waals surface area contributed by atoms with Crippen molar-refractivity contribution in [3.63, 3.8) is 0 Å². The molecule has 0 bridgehead atoms. The summed E-state index contributed by atoms with van der Waals surface area (Å²) in [4.78, 5) is 14.0. The van der Waals surface area contributed by atoms with Crippen LogP contribution in [0, 0.1) is 37.0 Å². The van der Waals surface area contributed by atoms with E-state index in [1.807, 2.05) is 22.6 Å². The molecule has 2 fully saturated rings. The van der Waals surface area contributed by atoms with Gasteiger partial charge in [0.2, 0.25) is 0 Å². The number of esters is 1. The van der Waals surface area contributed by atoms with E-state index in [0.717, 1.165) is -0.0619 Å². The van der Waals surface area contributed by atoms with Gasteiger partial charge in [-0.05, 0) is 0 Å². The quantitative estimate of drug-likeness (QED) is 0.0432. The van der Waals surface area contributed by atoms with E-state index in [9.17, 15) is 15.0 Å². The van der Waals surface area contributed by atoms with Crippen molar-refractivity contribution in [1.82, 2.24) is 0 Å². The molecule has 366 valence electrons. The van der Waals surface area contributed by atoms with Crippen LogP contribution in [0.25, 0.3) is 0 Å². The summed E-state index contributed by atoms with van der Waals surface area (Å²) in [6, 6.07) is 0. The van der Waals surface area contributed by atoms with Crippen LogP contribution < -0.4 is 0 Å². The third-order valence-corrected chi connectivity index (χ3v) is 7.22. The summed E-state index contributed by atoms with van der Waals surface area (Å²) in [6.45, 7) is 1.26. The van der Waals surface area contributed by atoms with Crippen LogP contribution in [0.4, 0.5) is 0 Å². The minimum absolute atomic E-state index is 0. The molecule has 3 unspecified atom stereocenters. The average Bonchev–Trinajstić information content (AvgIpc) is 3.75. The number of hydrogen-bond donors (Lipinski definition) is 4. The molecule has 2 saturated heterocycles. The molecular formula is C37H68I6O16V2-2. The summed E-state index contributed by atoms with van der Waals surface area (Å²) in [5, 5.41) is 37.2. The van der Waals surface area contributed by atoms with Gasteiger partial charge in [0.1, 0.15) is 36.6 Å². The van der Waals surface area contributed by atoms with Crippen LogP contribution in [0.1, 0.15) is 25.7 Å². The van der Waals surface area contributed by atoms with E-state index in [-0.39, 0.29) is 107 Å². The monoisotopic (exact) mass is 1630 g/mol. The Morgan fingerprint density at radius 1 is 0.738 bits per heavy atom. The molecule has 4 N–H and O–H groups in total. The molecule has 0 aromatic heterocycles. The molecule has 61 heavy (non-hydrogen) atoms. The van der Waals surface area contributed by atoms with E-state index >= 15 is 0 Å². The predicted octanol–water partition coefficient (Wildman–Crippen LogP) is 5.21. The maximum absolute atomic E-state index is 10.7. The zero-order valence-corrected chi connectivity index (χ0v) is 52.2. The topological polar surface area (TPSA) is 200 Å². The number of alkyl halides is 5. The average molecular weight is 1630 g/mol. The van der Waals surface area contributed by atoms with Crippen LogP contribution in [-0.4, -0.2) is 187 Å². The molecule has 16 nitrogen and oxygen atoms in total. The molecule has 24 heteroatoms. The van der Waals surface area contributed by atoms with Crippen molar-refractivity contribution >= 4 is 142 Å². The van der Waals surface area contributed by atoms with E-state index in [2.05, 4.69) is 130 Å². The fourth-order valence-electron chi connectivity index (χ4n) is 4.49. The van der Waals surface area contributed by atoms with Crippen molar-refractivity contribution in [2.24, 2.45) is 0 Å². The number of rotatable bonds is 19. The zero-order valence-electron chi connectivity index (χ0n) is 36.5. The first kappa shape index (κ1) is 81.5. The summed E-state index contributed by atoms with van der Waals surface area (Å²) >= 11 is 13.4. The van der Waals surface area contributed by atoms with Crippen LogP contribution in [0.5, 0.6) is 0 Å². The number of hydrogen-bond acceptors (Lipinski definition) is 16. The fourth-order valence-corrected chi connectivity index (χ4v) is 4.49. The first-order chi connectivity index (χ1) is 27.5. The predicted molar refractivity (Wildman–Crippen MR) is 281 cm³/mol. The second-order valence-corrected chi connectivity index (χ2v) is 26.4. The summed E-state index contributed by atoms with van der Waals surface area (Å²) in [5.74, 6) is 4.40. The van der Waals surface area contributed by atoms with Crippen LogP contribution >= 0.6 is 136 Å². The van der Waals surface area contributed by atoms with Crippen molar-refractivity contribution in [3.05, 3.63) is 12.4 Å². The maximum atomic E-state index is 10.7. The molecule has 0 spiro atoms. The van der Waals surface area contributed by atoms with Gasteiger partial charge in [-0.25, -0.2) is 0 Å².